The van der Waals surface area contributed by atoms with Gasteiger partial charge in [-0.2, -0.15) is 0 Å². The molecule has 6 heteroatoms. The van der Waals surface area contributed by atoms with Crippen LogP contribution < -0.4 is 5.56 Å². The van der Waals surface area contributed by atoms with E-state index in [0.717, 1.165) is 50.3 Å². The van der Waals surface area contributed by atoms with E-state index >= 15 is 0 Å². The number of nitrogens with one attached hydrogen (secondary N) is 1. The highest BCUT2D eigenvalue weighted by molar-refractivity contribution is 5.76. The van der Waals surface area contributed by atoms with E-state index < -0.39 is 0 Å². The number of carbonyl (C=O) groups excluding carboxylic acids is 1. The fourth-order valence-electron chi connectivity index (χ4n) is 3.39. The van der Waals surface area contributed by atoms with E-state index in [1.807, 2.05) is 18.9 Å². The van der Waals surface area contributed by atoms with Crippen molar-refractivity contribution in [2.24, 2.45) is 5.92 Å². The van der Waals surface area contributed by atoms with Crippen molar-refractivity contribution < 1.29 is 4.79 Å². The predicted octanol–water partition coefficient (Wildman–Crippen LogP) is 0.305. The zero-order valence-corrected chi connectivity index (χ0v) is 12.7. The summed E-state index contributed by atoms with van der Waals surface area (Å²) >= 11 is 0. The number of hydrogen-bond acceptors (Lipinski definition) is 4. The van der Waals surface area contributed by atoms with Crippen molar-refractivity contribution in [3.63, 3.8) is 0 Å². The number of likely N-dealkylation sites (tertiary alicyclic amines) is 1. The monoisotopic (exact) mass is 290 g/mol. The predicted molar refractivity (Wildman–Crippen MR) is 78.9 cm³/mol. The van der Waals surface area contributed by atoms with Crippen molar-refractivity contribution in [3.8, 4) is 0 Å². The van der Waals surface area contributed by atoms with Gasteiger partial charge in [0.15, 0.2) is 0 Å². The molecule has 0 bridgehead atoms. The number of piperidine rings is 1. The molecule has 0 spiro atoms. The van der Waals surface area contributed by atoms with Crippen LogP contribution in [0.3, 0.4) is 0 Å². The molecule has 3 rings (SSSR count). The second-order valence-electron chi connectivity index (χ2n) is 6.24. The molecule has 2 aliphatic rings. The highest BCUT2D eigenvalue weighted by atomic mass is 16.2. The largest absolute Gasteiger partial charge is 0.345 e. The van der Waals surface area contributed by atoms with Crippen LogP contribution in [0, 0.1) is 12.8 Å². The van der Waals surface area contributed by atoms with Gasteiger partial charge < -0.3 is 9.88 Å². The molecule has 2 aliphatic heterocycles. The topological polar surface area (TPSA) is 69.3 Å². The average molecular weight is 290 g/mol. The minimum atomic E-state index is 0.0140. The maximum absolute atomic E-state index is 11.9. The van der Waals surface area contributed by atoms with Crippen LogP contribution in [0.5, 0.6) is 0 Å². The summed E-state index contributed by atoms with van der Waals surface area (Å²) in [7, 11) is 1.88. The van der Waals surface area contributed by atoms with Crippen LogP contribution in [0.25, 0.3) is 0 Å². The SMILES string of the molecule is Cc1nc2c(c(=O)[nH]1)CCN(CC1CCC(=O)N(C)C1)C2. The summed E-state index contributed by atoms with van der Waals surface area (Å²) in [6, 6.07) is 0. The molecule has 1 aromatic rings. The van der Waals surface area contributed by atoms with Crippen LogP contribution in [0.2, 0.25) is 0 Å². The first kappa shape index (κ1) is 14.3. The number of amides is 1. The maximum Gasteiger partial charge on any atom is 0.254 e. The molecule has 0 aromatic carbocycles. The number of aromatic amines is 1. The first-order chi connectivity index (χ1) is 10.0. The molecule has 1 atom stereocenters. The zero-order valence-electron chi connectivity index (χ0n) is 12.7. The van der Waals surface area contributed by atoms with Gasteiger partial charge in [0.2, 0.25) is 5.91 Å². The summed E-state index contributed by atoms with van der Waals surface area (Å²) in [5, 5.41) is 0. The van der Waals surface area contributed by atoms with Gasteiger partial charge in [-0.3, -0.25) is 14.5 Å². The Kier molecular flexibility index (Phi) is 3.80. The molecule has 1 aromatic heterocycles. The molecule has 21 heavy (non-hydrogen) atoms. The lowest BCUT2D eigenvalue weighted by molar-refractivity contribution is -0.133. The van der Waals surface area contributed by atoms with Gasteiger partial charge in [0.25, 0.3) is 5.56 Å². The molecule has 1 amide bonds. The van der Waals surface area contributed by atoms with Crippen molar-refractivity contribution in [2.75, 3.05) is 26.7 Å². The first-order valence-corrected chi connectivity index (χ1v) is 7.58. The Balaban J connectivity index is 1.67. The van der Waals surface area contributed by atoms with Gasteiger partial charge in [0.05, 0.1) is 5.69 Å². The van der Waals surface area contributed by atoms with Gasteiger partial charge in [-0.1, -0.05) is 0 Å². The summed E-state index contributed by atoms with van der Waals surface area (Å²) in [5.74, 6) is 1.46. The summed E-state index contributed by atoms with van der Waals surface area (Å²) in [4.78, 5) is 34.9. The number of rotatable bonds is 2. The number of aryl methyl sites for hydroxylation is 1. The van der Waals surface area contributed by atoms with E-state index in [9.17, 15) is 9.59 Å². The van der Waals surface area contributed by atoms with Gasteiger partial charge in [-0.25, -0.2) is 4.98 Å². The van der Waals surface area contributed by atoms with Crippen LogP contribution in [0.1, 0.15) is 29.9 Å². The third-order valence-corrected chi connectivity index (χ3v) is 4.51. The van der Waals surface area contributed by atoms with Gasteiger partial charge in [0.1, 0.15) is 5.82 Å². The second-order valence-corrected chi connectivity index (χ2v) is 6.24. The standard InChI is InChI=1S/C15H22N4O2/c1-10-16-13-9-19(6-5-12(13)15(21)17-10)8-11-3-4-14(20)18(2)7-11/h11H,3-9H2,1-2H3,(H,16,17,21). The van der Waals surface area contributed by atoms with Crippen molar-refractivity contribution >= 4 is 5.91 Å². The Morgan fingerprint density at radius 2 is 2.14 bits per heavy atom. The lowest BCUT2D eigenvalue weighted by Crippen LogP contribution is -2.44. The fraction of sp³-hybridized carbons (Fsp3) is 0.667. The number of hydrogen-bond donors (Lipinski definition) is 1. The van der Waals surface area contributed by atoms with Crippen LogP contribution in [-0.2, 0) is 17.8 Å². The Morgan fingerprint density at radius 3 is 2.90 bits per heavy atom. The molecule has 1 unspecified atom stereocenters. The molecular weight excluding hydrogens is 268 g/mol. The normalized spacial score (nSPS) is 23.2. The Bertz CT molecular complexity index is 610. The van der Waals surface area contributed by atoms with Crippen LogP contribution in [0.4, 0.5) is 0 Å². The number of nitrogens with zero attached hydrogens (tertiary/aromatic N) is 3. The van der Waals surface area contributed by atoms with E-state index in [0.29, 0.717) is 18.2 Å². The van der Waals surface area contributed by atoms with Crippen molar-refractivity contribution in [1.29, 1.82) is 0 Å². The minimum absolute atomic E-state index is 0.0140. The smallest absolute Gasteiger partial charge is 0.254 e. The van der Waals surface area contributed by atoms with E-state index in [-0.39, 0.29) is 11.5 Å². The Hall–Kier alpha value is -1.69. The highest BCUT2D eigenvalue weighted by Crippen LogP contribution is 2.20. The van der Waals surface area contributed by atoms with Crippen LogP contribution >= 0.6 is 0 Å². The van der Waals surface area contributed by atoms with E-state index in [4.69, 9.17) is 0 Å². The molecule has 1 saturated heterocycles. The van der Waals surface area contributed by atoms with Crippen molar-refractivity contribution in [2.45, 2.75) is 32.7 Å². The zero-order chi connectivity index (χ0) is 15.0. The number of aromatic nitrogens is 2. The summed E-state index contributed by atoms with van der Waals surface area (Å²) in [6.07, 6.45) is 2.39. The molecule has 1 fully saturated rings. The minimum Gasteiger partial charge on any atom is -0.345 e. The molecular formula is C15H22N4O2. The van der Waals surface area contributed by atoms with E-state index in [1.165, 1.54) is 0 Å². The van der Waals surface area contributed by atoms with E-state index in [2.05, 4.69) is 14.9 Å². The van der Waals surface area contributed by atoms with Gasteiger partial charge in [-0.15, -0.1) is 0 Å². The lowest BCUT2D eigenvalue weighted by Gasteiger charge is -2.35. The fourth-order valence-corrected chi connectivity index (χ4v) is 3.39. The first-order valence-electron chi connectivity index (χ1n) is 7.58. The number of carbonyl (C=O) groups is 1. The summed E-state index contributed by atoms with van der Waals surface area (Å²) in [6.45, 7) is 5.28. The molecule has 114 valence electrons. The highest BCUT2D eigenvalue weighted by Gasteiger charge is 2.27. The van der Waals surface area contributed by atoms with Crippen LogP contribution in [-0.4, -0.2) is 52.4 Å². The van der Waals surface area contributed by atoms with Gasteiger partial charge >= 0.3 is 0 Å². The molecule has 1 N–H and O–H groups in total. The summed E-state index contributed by atoms with van der Waals surface area (Å²) < 4.78 is 0. The molecule has 6 nitrogen and oxygen atoms in total. The molecule has 0 radical (unpaired) electrons. The third-order valence-electron chi connectivity index (χ3n) is 4.51. The lowest BCUT2D eigenvalue weighted by atomic mass is 9.96. The average Bonchev–Trinajstić information content (AvgIpc) is 2.42. The summed E-state index contributed by atoms with van der Waals surface area (Å²) in [5.41, 5.74) is 1.77. The number of H-pyrrole nitrogens is 1. The number of fused-ring (bicyclic) bond motifs is 1. The second kappa shape index (κ2) is 5.60. The quantitative estimate of drug-likeness (QED) is 0.851. The molecule has 3 heterocycles. The maximum atomic E-state index is 11.9. The van der Waals surface area contributed by atoms with Gasteiger partial charge in [-0.05, 0) is 25.7 Å². The van der Waals surface area contributed by atoms with E-state index in [1.54, 1.807) is 0 Å². The molecule has 0 aliphatic carbocycles. The Morgan fingerprint density at radius 1 is 1.33 bits per heavy atom. The third kappa shape index (κ3) is 3.00. The van der Waals surface area contributed by atoms with Crippen molar-refractivity contribution in [1.82, 2.24) is 19.8 Å². The molecule has 0 saturated carbocycles. The Labute approximate surface area is 124 Å². The van der Waals surface area contributed by atoms with Crippen molar-refractivity contribution in [3.05, 3.63) is 27.4 Å². The van der Waals surface area contributed by atoms with Gasteiger partial charge in [0, 0.05) is 45.2 Å². The van der Waals surface area contributed by atoms with Crippen LogP contribution in [0.15, 0.2) is 4.79 Å².